The smallest absolute Gasteiger partial charge is 0.334 e. The number of anilines is 1. The second-order valence-electron chi connectivity index (χ2n) is 3.03. The van der Waals surface area contributed by atoms with Gasteiger partial charge < -0.3 is 21.3 Å². The van der Waals surface area contributed by atoms with Crippen LogP contribution in [0.2, 0.25) is 0 Å². The number of nitrogens with zero attached hydrogens (tertiary/aromatic N) is 1. The van der Waals surface area contributed by atoms with Gasteiger partial charge in [0, 0.05) is 0 Å². The van der Waals surface area contributed by atoms with E-state index in [1.165, 1.54) is 0 Å². The Morgan fingerprint density at radius 1 is 1.62 bits per heavy atom. The van der Waals surface area contributed by atoms with E-state index >= 15 is 0 Å². The fraction of sp³-hybridized carbons (Fsp3) is 0.375. The predicted molar refractivity (Wildman–Crippen MR) is 57.2 cm³/mol. The number of nitrogen functional groups attached to an aromatic ring is 1. The van der Waals surface area contributed by atoms with Gasteiger partial charge in [-0.1, -0.05) is 11.3 Å². The number of carboxylic acid groups (broad SMARTS) is 1. The van der Waals surface area contributed by atoms with Gasteiger partial charge in [0.25, 0.3) is 5.91 Å². The van der Waals surface area contributed by atoms with Gasteiger partial charge in [0.2, 0.25) is 0 Å². The third-order valence-corrected chi connectivity index (χ3v) is 2.75. The number of carbonyl (C=O) groups is 2. The zero-order chi connectivity index (χ0) is 12.3. The van der Waals surface area contributed by atoms with Gasteiger partial charge in [0.05, 0.1) is 12.2 Å². The maximum absolute atomic E-state index is 11.5. The molecule has 16 heavy (non-hydrogen) atoms. The number of rotatable bonds is 4. The summed E-state index contributed by atoms with van der Waals surface area (Å²) in [6.07, 6.45) is -1.62. The Bertz CT molecular complexity index is 417. The van der Waals surface area contributed by atoms with Crippen LogP contribution in [0, 0.1) is 6.92 Å². The summed E-state index contributed by atoms with van der Waals surface area (Å²) in [5, 5.41) is 19.9. The number of aliphatic carboxylic acids is 1. The SMILES string of the molecule is Cc1nc(N)sc1C(=O)NC[C@H](O)C(=O)O. The van der Waals surface area contributed by atoms with Crippen molar-refractivity contribution in [3.63, 3.8) is 0 Å². The first-order valence-corrected chi connectivity index (χ1v) is 5.15. The first-order chi connectivity index (χ1) is 7.41. The number of carbonyl (C=O) groups excluding carboxylic acids is 1. The first-order valence-electron chi connectivity index (χ1n) is 4.33. The molecule has 0 aliphatic heterocycles. The molecule has 1 amide bonds. The van der Waals surface area contributed by atoms with E-state index in [1.54, 1.807) is 6.92 Å². The summed E-state index contributed by atoms with van der Waals surface area (Å²) in [6, 6.07) is 0. The zero-order valence-corrected chi connectivity index (χ0v) is 9.24. The number of aryl methyl sites for hydroxylation is 1. The third-order valence-electron chi connectivity index (χ3n) is 1.76. The van der Waals surface area contributed by atoms with E-state index < -0.39 is 18.0 Å². The molecule has 1 rings (SSSR count). The minimum Gasteiger partial charge on any atom is -0.479 e. The average Bonchev–Trinajstić information content (AvgIpc) is 2.53. The molecule has 1 aromatic heterocycles. The predicted octanol–water partition coefficient (Wildman–Crippen LogP) is -0.791. The summed E-state index contributed by atoms with van der Waals surface area (Å²) in [7, 11) is 0. The van der Waals surface area contributed by atoms with Crippen LogP contribution in [-0.4, -0.2) is 39.7 Å². The van der Waals surface area contributed by atoms with Crippen LogP contribution in [0.3, 0.4) is 0 Å². The Morgan fingerprint density at radius 3 is 2.69 bits per heavy atom. The Balaban J connectivity index is 2.60. The molecule has 5 N–H and O–H groups in total. The molecule has 1 atom stereocenters. The normalized spacial score (nSPS) is 12.1. The molecule has 0 saturated heterocycles. The highest BCUT2D eigenvalue weighted by Crippen LogP contribution is 2.19. The van der Waals surface area contributed by atoms with Crippen molar-refractivity contribution in [3.8, 4) is 0 Å². The minimum absolute atomic E-state index is 0.265. The van der Waals surface area contributed by atoms with Crippen LogP contribution in [0.25, 0.3) is 0 Å². The molecule has 0 radical (unpaired) electrons. The van der Waals surface area contributed by atoms with Crippen molar-refractivity contribution in [1.29, 1.82) is 0 Å². The van der Waals surface area contributed by atoms with Crippen molar-refractivity contribution < 1.29 is 19.8 Å². The van der Waals surface area contributed by atoms with E-state index in [9.17, 15) is 9.59 Å². The van der Waals surface area contributed by atoms with Crippen molar-refractivity contribution in [1.82, 2.24) is 10.3 Å². The van der Waals surface area contributed by atoms with Gasteiger partial charge in [0.1, 0.15) is 4.88 Å². The molecule has 0 aliphatic rings. The standard InChI is InChI=1S/C8H11N3O4S/c1-3-5(16-8(9)11-3)6(13)10-2-4(12)7(14)15/h4,12H,2H2,1H3,(H2,9,11)(H,10,13)(H,14,15)/t4-/m0/s1. The summed E-state index contributed by atoms with van der Waals surface area (Å²) in [4.78, 5) is 26.0. The van der Waals surface area contributed by atoms with Gasteiger partial charge in [-0.25, -0.2) is 9.78 Å². The lowest BCUT2D eigenvalue weighted by molar-refractivity contribution is -0.146. The van der Waals surface area contributed by atoms with Crippen molar-refractivity contribution >= 4 is 28.3 Å². The number of aromatic nitrogens is 1. The van der Waals surface area contributed by atoms with Crippen LogP contribution >= 0.6 is 11.3 Å². The Hall–Kier alpha value is -1.67. The summed E-state index contributed by atoms with van der Waals surface area (Å²) in [5.74, 6) is -1.88. The Morgan fingerprint density at radius 2 is 2.25 bits per heavy atom. The summed E-state index contributed by atoms with van der Waals surface area (Å²) in [5.41, 5.74) is 5.88. The maximum atomic E-state index is 11.5. The van der Waals surface area contributed by atoms with Crippen molar-refractivity contribution in [2.45, 2.75) is 13.0 Å². The largest absolute Gasteiger partial charge is 0.479 e. The fourth-order valence-corrected chi connectivity index (χ4v) is 1.73. The lowest BCUT2D eigenvalue weighted by Gasteiger charge is -2.06. The summed E-state index contributed by atoms with van der Waals surface area (Å²) < 4.78 is 0. The average molecular weight is 245 g/mol. The topological polar surface area (TPSA) is 126 Å². The Labute approximate surface area is 94.9 Å². The number of nitrogens with two attached hydrogens (primary N) is 1. The molecule has 0 fully saturated rings. The third kappa shape index (κ3) is 2.91. The number of amides is 1. The number of nitrogens with one attached hydrogen (secondary N) is 1. The highest BCUT2D eigenvalue weighted by molar-refractivity contribution is 7.17. The van der Waals surface area contributed by atoms with Crippen LogP contribution in [0.15, 0.2) is 0 Å². The molecule has 0 bridgehead atoms. The first kappa shape index (κ1) is 12.4. The quantitative estimate of drug-likeness (QED) is 0.550. The van der Waals surface area contributed by atoms with Crippen molar-refractivity contribution in [2.24, 2.45) is 0 Å². The molecule has 1 heterocycles. The maximum Gasteiger partial charge on any atom is 0.334 e. The number of hydrogen-bond donors (Lipinski definition) is 4. The van der Waals surface area contributed by atoms with Gasteiger partial charge in [-0.15, -0.1) is 0 Å². The van der Waals surface area contributed by atoms with Gasteiger partial charge >= 0.3 is 5.97 Å². The number of aliphatic hydroxyl groups excluding tert-OH is 1. The van der Waals surface area contributed by atoms with Crippen LogP contribution in [-0.2, 0) is 4.79 Å². The molecule has 0 spiro atoms. The van der Waals surface area contributed by atoms with Crippen molar-refractivity contribution in [3.05, 3.63) is 10.6 Å². The van der Waals surface area contributed by atoms with Gasteiger partial charge in [-0.05, 0) is 6.92 Å². The lowest BCUT2D eigenvalue weighted by atomic mass is 10.3. The van der Waals surface area contributed by atoms with Crippen LogP contribution in [0.4, 0.5) is 5.13 Å². The van der Waals surface area contributed by atoms with Gasteiger partial charge in [-0.3, -0.25) is 4.79 Å². The fourth-order valence-electron chi connectivity index (χ4n) is 0.985. The highest BCUT2D eigenvalue weighted by Gasteiger charge is 2.17. The molecule has 88 valence electrons. The van der Waals surface area contributed by atoms with Crippen LogP contribution in [0.5, 0.6) is 0 Å². The summed E-state index contributed by atoms with van der Waals surface area (Å²) in [6.45, 7) is 1.26. The summed E-state index contributed by atoms with van der Waals surface area (Å²) >= 11 is 1.01. The zero-order valence-electron chi connectivity index (χ0n) is 8.43. The van der Waals surface area contributed by atoms with E-state index in [-0.39, 0.29) is 11.7 Å². The number of carboxylic acids is 1. The molecule has 7 nitrogen and oxygen atoms in total. The molecule has 8 heteroatoms. The van der Waals surface area contributed by atoms with Gasteiger partial charge in [-0.2, -0.15) is 0 Å². The lowest BCUT2D eigenvalue weighted by Crippen LogP contribution is -2.36. The van der Waals surface area contributed by atoms with Crippen molar-refractivity contribution in [2.75, 3.05) is 12.3 Å². The minimum atomic E-state index is -1.62. The molecule has 0 aliphatic carbocycles. The van der Waals surface area contributed by atoms with E-state index in [0.29, 0.717) is 10.6 Å². The van der Waals surface area contributed by atoms with Crippen LogP contribution < -0.4 is 11.1 Å². The molecular formula is C8H11N3O4S. The highest BCUT2D eigenvalue weighted by atomic mass is 32.1. The number of hydrogen-bond acceptors (Lipinski definition) is 6. The van der Waals surface area contributed by atoms with E-state index in [2.05, 4.69) is 10.3 Å². The van der Waals surface area contributed by atoms with E-state index in [4.69, 9.17) is 15.9 Å². The molecule has 0 saturated carbocycles. The van der Waals surface area contributed by atoms with E-state index in [1.807, 2.05) is 0 Å². The molecule has 0 unspecified atom stereocenters. The Kier molecular flexibility index (Phi) is 3.80. The number of aliphatic hydroxyl groups is 1. The van der Waals surface area contributed by atoms with Gasteiger partial charge in [0.15, 0.2) is 11.2 Å². The second kappa shape index (κ2) is 4.90. The molecule has 0 aromatic carbocycles. The van der Waals surface area contributed by atoms with E-state index in [0.717, 1.165) is 11.3 Å². The molecule has 1 aromatic rings. The van der Waals surface area contributed by atoms with Crippen LogP contribution in [0.1, 0.15) is 15.4 Å². The monoisotopic (exact) mass is 245 g/mol. The number of thiazole rings is 1. The second-order valence-corrected chi connectivity index (χ2v) is 4.06. The molecular weight excluding hydrogens is 234 g/mol.